The third kappa shape index (κ3) is 4.09. The normalized spacial score (nSPS) is 33.2. The van der Waals surface area contributed by atoms with Crippen molar-refractivity contribution in [2.45, 2.75) is 70.9 Å². The fraction of sp³-hybridized carbons (Fsp3) is 0.487. The third-order valence-corrected chi connectivity index (χ3v) is 12.6. The second-order valence-electron chi connectivity index (χ2n) is 14.3. The topological polar surface area (TPSA) is 38.1 Å². The van der Waals surface area contributed by atoms with Crippen LogP contribution in [0, 0.1) is 23.7 Å². The van der Waals surface area contributed by atoms with Gasteiger partial charge in [-0.05, 0) is 106 Å². The van der Waals surface area contributed by atoms with E-state index in [9.17, 15) is 0 Å². The first-order valence-corrected chi connectivity index (χ1v) is 17.2. The van der Waals surface area contributed by atoms with Crippen LogP contribution >= 0.6 is 0 Å². The first-order chi connectivity index (χ1) is 21.2. The lowest BCUT2D eigenvalue weighted by Crippen LogP contribution is -2.44. The average molecular weight is 571 g/mol. The Morgan fingerprint density at radius 3 is 1.56 bits per heavy atom. The molecule has 4 aromatic rings. The standard InChI is InChI=1S/C39H46N4/c1-3-24-22-42-17-15-30-28-9-5-7-11-34(28)40-38(30)36(42)20-32(24)26-13-14-27(19-26)33-21-37-39-31(16-18-43(37)23-25(33)4-2)29-10-6-8-12-35(29)41-39/h3-12,26-27,32-33,36-37,40-41H,13-23H2,1-2H3/b24-3-,25-4-/t26?,27?,32-,33-,36-,37-/m0/s1. The van der Waals surface area contributed by atoms with Crippen molar-refractivity contribution in [2.75, 3.05) is 26.2 Å². The summed E-state index contributed by atoms with van der Waals surface area (Å²) in [7, 11) is 0. The van der Waals surface area contributed by atoms with E-state index in [-0.39, 0.29) is 0 Å². The molecule has 2 unspecified atom stereocenters. The second-order valence-corrected chi connectivity index (χ2v) is 14.3. The van der Waals surface area contributed by atoms with Gasteiger partial charge in [-0.1, -0.05) is 59.7 Å². The number of para-hydroxylation sites is 2. The number of nitrogens with one attached hydrogen (secondary N) is 2. The minimum absolute atomic E-state index is 0.543. The van der Waals surface area contributed by atoms with Gasteiger partial charge in [0.1, 0.15) is 0 Å². The zero-order valence-electron chi connectivity index (χ0n) is 25.9. The smallest absolute Gasteiger partial charge is 0.0510 e. The highest BCUT2D eigenvalue weighted by Gasteiger charge is 2.46. The minimum atomic E-state index is 0.543. The van der Waals surface area contributed by atoms with Gasteiger partial charge in [0.2, 0.25) is 0 Å². The van der Waals surface area contributed by atoms with Gasteiger partial charge in [-0.3, -0.25) is 9.80 Å². The number of nitrogens with zero attached hydrogens (tertiary/aromatic N) is 2. The van der Waals surface area contributed by atoms with Crippen molar-refractivity contribution in [3.63, 3.8) is 0 Å². The number of fused-ring (bicyclic) bond motifs is 10. The molecular formula is C39H46N4. The quantitative estimate of drug-likeness (QED) is 0.237. The van der Waals surface area contributed by atoms with Crippen LogP contribution in [-0.4, -0.2) is 45.9 Å². The summed E-state index contributed by atoms with van der Waals surface area (Å²) in [6, 6.07) is 19.1. The molecule has 0 bridgehead atoms. The van der Waals surface area contributed by atoms with E-state index >= 15 is 0 Å². The van der Waals surface area contributed by atoms with Gasteiger partial charge in [0.15, 0.2) is 0 Å². The summed E-state index contributed by atoms with van der Waals surface area (Å²) < 4.78 is 0. The molecule has 1 aliphatic carbocycles. The summed E-state index contributed by atoms with van der Waals surface area (Å²) in [4.78, 5) is 13.4. The van der Waals surface area contributed by atoms with Crippen LogP contribution in [0.5, 0.6) is 0 Å². The molecule has 3 fully saturated rings. The van der Waals surface area contributed by atoms with Crippen LogP contribution in [0.15, 0.2) is 71.8 Å². The number of piperidine rings is 2. The predicted octanol–water partition coefficient (Wildman–Crippen LogP) is 8.50. The summed E-state index contributed by atoms with van der Waals surface area (Å²) in [6.45, 7) is 9.32. The van der Waals surface area contributed by atoms with Crippen molar-refractivity contribution < 1.29 is 0 Å². The Balaban J connectivity index is 0.977. The van der Waals surface area contributed by atoms with E-state index in [1.807, 2.05) is 0 Å². The van der Waals surface area contributed by atoms with Gasteiger partial charge in [0.25, 0.3) is 0 Å². The maximum absolute atomic E-state index is 3.90. The SMILES string of the molecule is C/C=C1/CN2CCc3c([nH]c4ccccc34)[C@@H]2C[C@@H]1C1CCC([C@H]2C[C@H]3c4[nH]c5ccccc5c4CCN3C/C2=C/C)C1. The molecule has 4 nitrogen and oxygen atoms in total. The Labute approximate surface area is 256 Å². The molecule has 222 valence electrons. The van der Waals surface area contributed by atoms with Gasteiger partial charge < -0.3 is 9.97 Å². The molecule has 5 aliphatic rings. The van der Waals surface area contributed by atoms with E-state index in [4.69, 9.17) is 0 Å². The number of H-pyrrole nitrogens is 2. The molecule has 0 radical (unpaired) electrons. The molecule has 0 spiro atoms. The molecular weight excluding hydrogens is 524 g/mol. The van der Waals surface area contributed by atoms with Crippen LogP contribution in [0.25, 0.3) is 21.8 Å². The van der Waals surface area contributed by atoms with E-state index in [1.165, 1.54) is 91.2 Å². The van der Waals surface area contributed by atoms with Crippen molar-refractivity contribution in [1.29, 1.82) is 0 Å². The van der Waals surface area contributed by atoms with Crippen molar-refractivity contribution >= 4 is 21.8 Å². The Hall–Kier alpha value is -3.08. The van der Waals surface area contributed by atoms with E-state index in [2.05, 4.69) is 94.3 Å². The van der Waals surface area contributed by atoms with Crippen LogP contribution in [0.2, 0.25) is 0 Å². The van der Waals surface area contributed by atoms with Gasteiger partial charge >= 0.3 is 0 Å². The average Bonchev–Trinajstić information content (AvgIpc) is 3.79. The zero-order chi connectivity index (χ0) is 28.7. The van der Waals surface area contributed by atoms with Crippen LogP contribution in [0.4, 0.5) is 0 Å². The van der Waals surface area contributed by atoms with Crippen LogP contribution < -0.4 is 0 Å². The molecule has 2 aromatic carbocycles. The van der Waals surface area contributed by atoms with E-state index in [1.54, 1.807) is 22.3 Å². The van der Waals surface area contributed by atoms with Gasteiger partial charge in [-0.15, -0.1) is 0 Å². The number of hydrogen-bond donors (Lipinski definition) is 2. The summed E-state index contributed by atoms with van der Waals surface area (Å²) in [5, 5.41) is 2.91. The molecule has 2 aromatic heterocycles. The van der Waals surface area contributed by atoms with Gasteiger partial charge in [0, 0.05) is 59.4 Å². The molecule has 43 heavy (non-hydrogen) atoms. The molecule has 0 amide bonds. The summed E-state index contributed by atoms with van der Waals surface area (Å²) in [5.41, 5.74) is 12.3. The first-order valence-electron chi connectivity index (χ1n) is 17.2. The molecule has 4 heteroatoms. The van der Waals surface area contributed by atoms with Gasteiger partial charge in [0.05, 0.1) is 12.1 Å². The highest BCUT2D eigenvalue weighted by molar-refractivity contribution is 5.86. The Morgan fingerprint density at radius 2 is 1.09 bits per heavy atom. The zero-order valence-corrected chi connectivity index (χ0v) is 25.9. The van der Waals surface area contributed by atoms with Crippen molar-refractivity contribution in [3.8, 4) is 0 Å². The lowest BCUT2D eigenvalue weighted by atomic mass is 9.72. The number of benzene rings is 2. The van der Waals surface area contributed by atoms with E-state index in [0.29, 0.717) is 12.1 Å². The first kappa shape index (κ1) is 26.3. The number of hydrogen-bond acceptors (Lipinski definition) is 2. The molecule has 2 N–H and O–H groups in total. The molecule has 6 atom stereocenters. The number of allylic oxidation sites excluding steroid dienone is 2. The molecule has 2 saturated heterocycles. The van der Waals surface area contributed by atoms with Crippen molar-refractivity contribution in [2.24, 2.45) is 23.7 Å². The molecule has 4 aliphatic heterocycles. The Kier molecular flexibility index (Phi) is 6.27. The second kappa shape index (κ2) is 10.2. The highest BCUT2D eigenvalue weighted by Crippen LogP contribution is 2.53. The Bertz CT molecular complexity index is 1620. The van der Waals surface area contributed by atoms with E-state index in [0.717, 1.165) is 36.8 Å². The molecule has 1 saturated carbocycles. The lowest BCUT2D eigenvalue weighted by Gasteiger charge is -2.46. The molecule has 9 rings (SSSR count). The van der Waals surface area contributed by atoms with Crippen LogP contribution in [-0.2, 0) is 12.8 Å². The summed E-state index contributed by atoms with van der Waals surface area (Å²) >= 11 is 0. The van der Waals surface area contributed by atoms with Crippen LogP contribution in [0.3, 0.4) is 0 Å². The Morgan fingerprint density at radius 1 is 0.628 bits per heavy atom. The largest absolute Gasteiger partial charge is 0.357 e. The fourth-order valence-electron chi connectivity index (χ4n) is 10.5. The number of aromatic nitrogens is 2. The third-order valence-electron chi connectivity index (χ3n) is 12.6. The maximum atomic E-state index is 3.90. The summed E-state index contributed by atoms with van der Waals surface area (Å²) in [5.74, 6) is 3.08. The molecule has 6 heterocycles. The van der Waals surface area contributed by atoms with Crippen LogP contribution in [0.1, 0.15) is 80.6 Å². The predicted molar refractivity (Wildman–Crippen MR) is 177 cm³/mol. The lowest BCUT2D eigenvalue weighted by molar-refractivity contribution is 0.107. The fourth-order valence-corrected chi connectivity index (χ4v) is 10.5. The maximum Gasteiger partial charge on any atom is 0.0510 e. The minimum Gasteiger partial charge on any atom is -0.357 e. The van der Waals surface area contributed by atoms with Crippen molar-refractivity contribution in [3.05, 3.63) is 94.3 Å². The monoisotopic (exact) mass is 570 g/mol. The number of rotatable bonds is 2. The highest BCUT2D eigenvalue weighted by atomic mass is 15.2. The van der Waals surface area contributed by atoms with Crippen molar-refractivity contribution in [1.82, 2.24) is 19.8 Å². The van der Waals surface area contributed by atoms with Gasteiger partial charge in [-0.25, -0.2) is 0 Å². The summed E-state index contributed by atoms with van der Waals surface area (Å²) in [6.07, 6.45) is 14.1. The van der Waals surface area contributed by atoms with Gasteiger partial charge in [-0.2, -0.15) is 0 Å². The number of aromatic amines is 2. The van der Waals surface area contributed by atoms with E-state index < -0.39 is 0 Å².